The summed E-state index contributed by atoms with van der Waals surface area (Å²) >= 11 is 0. The largest absolute Gasteiger partial charge is 0.383 e. The van der Waals surface area contributed by atoms with Gasteiger partial charge >= 0.3 is 0 Å². The van der Waals surface area contributed by atoms with E-state index >= 15 is 0 Å². The number of halogens is 1. The number of methoxy groups -OCH3 is 1. The van der Waals surface area contributed by atoms with Gasteiger partial charge in [0, 0.05) is 12.7 Å². The van der Waals surface area contributed by atoms with Crippen LogP contribution < -0.4 is 5.14 Å². The van der Waals surface area contributed by atoms with Gasteiger partial charge in [0.2, 0.25) is 0 Å². The van der Waals surface area contributed by atoms with E-state index in [-0.39, 0.29) is 24.1 Å². The first-order chi connectivity index (χ1) is 9.43. The molecule has 0 unspecified atom stereocenters. The zero-order chi connectivity index (χ0) is 14.8. The summed E-state index contributed by atoms with van der Waals surface area (Å²) < 4.78 is 42.4. The molecule has 1 aromatic heterocycles. The summed E-state index contributed by atoms with van der Waals surface area (Å²) in [6.07, 6.45) is 0. The van der Waals surface area contributed by atoms with Gasteiger partial charge in [0.25, 0.3) is 15.2 Å². The van der Waals surface area contributed by atoms with Crippen molar-refractivity contribution in [3.8, 4) is 11.4 Å². The van der Waals surface area contributed by atoms with E-state index in [2.05, 4.69) is 10.2 Å². The SMILES string of the molecule is COCCn1c(-c2cccc(F)c2)nnc1S(N)(=O)=O. The molecule has 0 bridgehead atoms. The Kier molecular flexibility index (Phi) is 4.12. The first-order valence-electron chi connectivity index (χ1n) is 5.64. The van der Waals surface area contributed by atoms with Crippen LogP contribution in [0.15, 0.2) is 29.4 Å². The predicted octanol–water partition coefficient (Wildman–Crippen LogP) is 0.378. The van der Waals surface area contributed by atoms with Crippen LogP contribution in [0.25, 0.3) is 11.4 Å². The molecule has 0 aliphatic rings. The summed E-state index contributed by atoms with van der Waals surface area (Å²) in [7, 11) is -2.55. The van der Waals surface area contributed by atoms with Crippen molar-refractivity contribution >= 4 is 10.0 Å². The Morgan fingerprint density at radius 1 is 1.40 bits per heavy atom. The quantitative estimate of drug-likeness (QED) is 0.860. The van der Waals surface area contributed by atoms with Crippen molar-refractivity contribution in [2.24, 2.45) is 5.14 Å². The Morgan fingerprint density at radius 3 is 2.75 bits per heavy atom. The molecule has 20 heavy (non-hydrogen) atoms. The van der Waals surface area contributed by atoms with Gasteiger partial charge in [0.1, 0.15) is 5.82 Å². The Morgan fingerprint density at radius 2 is 2.15 bits per heavy atom. The first kappa shape index (κ1) is 14.6. The molecular formula is C11H13FN4O3S. The van der Waals surface area contributed by atoms with Gasteiger partial charge in [-0.15, -0.1) is 10.2 Å². The van der Waals surface area contributed by atoms with E-state index in [9.17, 15) is 12.8 Å². The van der Waals surface area contributed by atoms with Gasteiger partial charge < -0.3 is 4.74 Å². The number of ether oxygens (including phenoxy) is 1. The van der Waals surface area contributed by atoms with Crippen LogP contribution in [0.4, 0.5) is 4.39 Å². The fourth-order valence-electron chi connectivity index (χ4n) is 1.72. The minimum absolute atomic E-state index is 0.182. The molecule has 0 fully saturated rings. The Balaban J connectivity index is 2.56. The van der Waals surface area contributed by atoms with Gasteiger partial charge in [-0.2, -0.15) is 0 Å². The molecule has 0 saturated heterocycles. The van der Waals surface area contributed by atoms with E-state index in [1.165, 1.54) is 29.9 Å². The topological polar surface area (TPSA) is 100 Å². The fraction of sp³-hybridized carbons (Fsp3) is 0.273. The monoisotopic (exact) mass is 300 g/mol. The highest BCUT2D eigenvalue weighted by molar-refractivity contribution is 7.89. The first-order valence-corrected chi connectivity index (χ1v) is 7.19. The van der Waals surface area contributed by atoms with Crippen molar-refractivity contribution in [2.75, 3.05) is 13.7 Å². The molecule has 1 heterocycles. The Bertz CT molecular complexity index is 714. The molecule has 0 aliphatic heterocycles. The molecular weight excluding hydrogens is 287 g/mol. The maximum atomic E-state index is 13.3. The van der Waals surface area contributed by atoms with E-state index in [1.807, 2.05) is 0 Å². The molecule has 0 aliphatic carbocycles. The summed E-state index contributed by atoms with van der Waals surface area (Å²) in [5.41, 5.74) is 0.406. The third-order valence-corrected chi connectivity index (χ3v) is 3.38. The lowest BCUT2D eigenvalue weighted by Crippen LogP contribution is -2.20. The van der Waals surface area contributed by atoms with Gasteiger partial charge in [-0.3, -0.25) is 4.57 Å². The molecule has 1 aromatic carbocycles. The van der Waals surface area contributed by atoms with E-state index in [4.69, 9.17) is 9.88 Å². The van der Waals surface area contributed by atoms with Crippen LogP contribution in [-0.2, 0) is 21.3 Å². The number of nitrogens with zero attached hydrogens (tertiary/aromatic N) is 3. The predicted molar refractivity (Wildman–Crippen MR) is 68.7 cm³/mol. The zero-order valence-corrected chi connectivity index (χ0v) is 11.5. The molecule has 2 aromatic rings. The van der Waals surface area contributed by atoms with Crippen molar-refractivity contribution in [1.82, 2.24) is 14.8 Å². The minimum atomic E-state index is -4.02. The molecule has 0 amide bonds. The van der Waals surface area contributed by atoms with Crippen LogP contribution in [0.1, 0.15) is 0 Å². The molecule has 0 spiro atoms. The number of rotatable bonds is 5. The second-order valence-electron chi connectivity index (χ2n) is 4.01. The van der Waals surface area contributed by atoms with Gasteiger partial charge in [-0.25, -0.2) is 17.9 Å². The molecule has 2 N–H and O–H groups in total. The smallest absolute Gasteiger partial charge is 0.273 e. The van der Waals surface area contributed by atoms with E-state index in [0.29, 0.717) is 5.56 Å². The van der Waals surface area contributed by atoms with E-state index in [0.717, 1.165) is 0 Å². The molecule has 0 atom stereocenters. The number of aromatic nitrogens is 3. The fourth-order valence-corrected chi connectivity index (χ4v) is 2.36. The molecule has 0 saturated carbocycles. The summed E-state index contributed by atoms with van der Waals surface area (Å²) in [5, 5.41) is 12.1. The van der Waals surface area contributed by atoms with Crippen LogP contribution >= 0.6 is 0 Å². The lowest BCUT2D eigenvalue weighted by Gasteiger charge is -2.08. The number of hydrogen-bond donors (Lipinski definition) is 1. The van der Waals surface area contributed by atoms with Crippen LogP contribution in [-0.4, -0.2) is 36.9 Å². The van der Waals surface area contributed by atoms with Crippen LogP contribution in [0.5, 0.6) is 0 Å². The highest BCUT2D eigenvalue weighted by Gasteiger charge is 2.21. The lowest BCUT2D eigenvalue weighted by molar-refractivity contribution is 0.185. The molecule has 7 nitrogen and oxygen atoms in total. The average molecular weight is 300 g/mol. The van der Waals surface area contributed by atoms with Crippen molar-refractivity contribution in [2.45, 2.75) is 11.7 Å². The minimum Gasteiger partial charge on any atom is -0.383 e. The van der Waals surface area contributed by atoms with Crippen molar-refractivity contribution in [1.29, 1.82) is 0 Å². The maximum Gasteiger partial charge on any atom is 0.273 e. The van der Waals surface area contributed by atoms with Gasteiger partial charge in [0.15, 0.2) is 5.82 Å². The summed E-state index contributed by atoms with van der Waals surface area (Å²) in [6.45, 7) is 0.421. The standard InChI is InChI=1S/C11H13FN4O3S/c1-19-6-5-16-10(8-3-2-4-9(12)7-8)14-15-11(16)20(13,17)18/h2-4,7H,5-6H2,1H3,(H2,13,17,18). The number of nitrogens with two attached hydrogens (primary N) is 1. The molecule has 108 valence electrons. The third-order valence-electron chi connectivity index (χ3n) is 2.57. The Hall–Kier alpha value is -1.84. The number of hydrogen-bond acceptors (Lipinski definition) is 5. The third kappa shape index (κ3) is 3.00. The molecule has 0 radical (unpaired) electrons. The van der Waals surface area contributed by atoms with Crippen LogP contribution in [0.3, 0.4) is 0 Å². The normalized spacial score (nSPS) is 11.8. The average Bonchev–Trinajstić information content (AvgIpc) is 2.79. The van der Waals surface area contributed by atoms with Crippen LogP contribution in [0, 0.1) is 5.82 Å². The summed E-state index contributed by atoms with van der Waals surface area (Å²) in [4.78, 5) is 0. The number of benzene rings is 1. The highest BCUT2D eigenvalue weighted by atomic mass is 32.2. The van der Waals surface area contributed by atoms with Crippen molar-refractivity contribution in [3.63, 3.8) is 0 Å². The van der Waals surface area contributed by atoms with Gasteiger partial charge in [0.05, 0.1) is 13.2 Å². The number of sulfonamides is 1. The summed E-state index contributed by atoms with van der Waals surface area (Å²) in [5.74, 6) is -0.244. The lowest BCUT2D eigenvalue weighted by atomic mass is 10.2. The van der Waals surface area contributed by atoms with Crippen LogP contribution in [0.2, 0.25) is 0 Å². The van der Waals surface area contributed by atoms with Crippen molar-refractivity contribution in [3.05, 3.63) is 30.1 Å². The summed E-state index contributed by atoms with van der Waals surface area (Å²) in [6, 6.07) is 5.61. The maximum absolute atomic E-state index is 13.3. The number of primary sulfonamides is 1. The second-order valence-corrected chi connectivity index (χ2v) is 5.46. The van der Waals surface area contributed by atoms with E-state index < -0.39 is 15.8 Å². The zero-order valence-electron chi connectivity index (χ0n) is 10.7. The molecule has 9 heteroatoms. The molecule has 2 rings (SSSR count). The second kappa shape index (κ2) is 5.65. The van der Waals surface area contributed by atoms with E-state index in [1.54, 1.807) is 6.07 Å². The highest BCUT2D eigenvalue weighted by Crippen LogP contribution is 2.20. The Labute approximate surface area is 115 Å². The van der Waals surface area contributed by atoms with Crippen molar-refractivity contribution < 1.29 is 17.5 Å². The van der Waals surface area contributed by atoms with Gasteiger partial charge in [-0.05, 0) is 12.1 Å². The van der Waals surface area contributed by atoms with Gasteiger partial charge in [-0.1, -0.05) is 12.1 Å².